The van der Waals surface area contributed by atoms with Crippen LogP contribution in [0.1, 0.15) is 5.69 Å². The summed E-state index contributed by atoms with van der Waals surface area (Å²) in [6.07, 6.45) is 2.96. The minimum Gasteiger partial charge on any atom is -0.480 e. The van der Waals surface area contributed by atoms with E-state index in [1.54, 1.807) is 0 Å². The number of hydrogen-bond donors (Lipinski definition) is 6. The molecule has 1 heterocycles. The molecule has 3 amide bonds. The molecule has 0 aliphatic carbocycles. The first-order chi connectivity index (χ1) is 10.9. The summed E-state index contributed by atoms with van der Waals surface area (Å²) in [6, 6.07) is -1.02. The van der Waals surface area contributed by atoms with Gasteiger partial charge in [-0.05, 0) is 0 Å². The highest BCUT2D eigenvalue weighted by Crippen LogP contribution is 1.99. The van der Waals surface area contributed by atoms with Crippen molar-refractivity contribution < 1.29 is 24.3 Å². The predicted molar refractivity (Wildman–Crippen MR) is 76.9 cm³/mol. The molecule has 7 N–H and O–H groups in total. The van der Waals surface area contributed by atoms with Crippen LogP contribution in [0.4, 0.5) is 0 Å². The number of rotatable bonds is 9. The second kappa shape index (κ2) is 9.15. The third kappa shape index (κ3) is 7.04. The minimum atomic E-state index is -1.21. The van der Waals surface area contributed by atoms with Crippen LogP contribution in [0.5, 0.6) is 0 Å². The third-order valence-electron chi connectivity index (χ3n) is 2.68. The number of carbonyl (C=O) groups excluding carboxylic acids is 3. The standard InChI is InChI=1S/C12H18N6O5/c13-2-9(19)15-4-10(20)18-8(1-7-3-14-6-17-7)12(23)16-5-11(21)22/h3,6,8H,1-2,4-5,13H2,(H,14,17)(H,15,19)(H,16,23)(H,18,20)(H,21,22). The summed E-state index contributed by atoms with van der Waals surface area (Å²) in [7, 11) is 0. The fraction of sp³-hybridized carbons (Fsp3) is 0.417. The molecule has 11 heteroatoms. The van der Waals surface area contributed by atoms with E-state index >= 15 is 0 Å². The molecule has 0 bridgehead atoms. The van der Waals surface area contributed by atoms with E-state index in [9.17, 15) is 19.2 Å². The Balaban J connectivity index is 2.62. The van der Waals surface area contributed by atoms with E-state index in [1.807, 2.05) is 0 Å². The number of nitrogens with two attached hydrogens (primary N) is 1. The summed E-state index contributed by atoms with van der Waals surface area (Å²) in [4.78, 5) is 51.8. The third-order valence-corrected chi connectivity index (χ3v) is 2.68. The van der Waals surface area contributed by atoms with E-state index in [0.717, 1.165) is 0 Å². The zero-order valence-electron chi connectivity index (χ0n) is 12.2. The van der Waals surface area contributed by atoms with E-state index in [4.69, 9.17) is 10.8 Å². The lowest BCUT2D eigenvalue weighted by Gasteiger charge is -2.17. The molecule has 1 unspecified atom stereocenters. The molecule has 0 aliphatic heterocycles. The number of carbonyl (C=O) groups is 4. The molecule has 1 rings (SSSR count). The molecule has 0 saturated heterocycles. The topological polar surface area (TPSA) is 179 Å². The predicted octanol–water partition coefficient (Wildman–Crippen LogP) is -3.29. The van der Waals surface area contributed by atoms with E-state index < -0.39 is 36.3 Å². The molecule has 0 fully saturated rings. The Morgan fingerprint density at radius 1 is 1.22 bits per heavy atom. The lowest BCUT2D eigenvalue weighted by atomic mass is 10.1. The first-order valence-corrected chi connectivity index (χ1v) is 6.65. The SMILES string of the molecule is NCC(=O)NCC(=O)NC(Cc1cnc[nH]1)C(=O)NCC(=O)O. The maximum atomic E-state index is 12.0. The molecular formula is C12H18N6O5. The average molecular weight is 326 g/mol. The summed E-state index contributed by atoms with van der Waals surface area (Å²) in [5, 5.41) is 15.4. The number of hydrogen-bond acceptors (Lipinski definition) is 6. The molecule has 0 aliphatic rings. The van der Waals surface area contributed by atoms with Crippen LogP contribution in [-0.4, -0.2) is 64.4 Å². The molecule has 23 heavy (non-hydrogen) atoms. The summed E-state index contributed by atoms with van der Waals surface area (Å²) in [5.74, 6) is -3.00. The molecule has 0 spiro atoms. The van der Waals surface area contributed by atoms with Crippen molar-refractivity contribution in [1.82, 2.24) is 25.9 Å². The molecular weight excluding hydrogens is 308 g/mol. The van der Waals surface area contributed by atoms with Crippen molar-refractivity contribution in [3.63, 3.8) is 0 Å². The van der Waals surface area contributed by atoms with Crippen molar-refractivity contribution in [2.75, 3.05) is 19.6 Å². The van der Waals surface area contributed by atoms with Gasteiger partial charge in [0.25, 0.3) is 0 Å². The fourth-order valence-corrected chi connectivity index (χ4v) is 1.61. The van der Waals surface area contributed by atoms with Gasteiger partial charge in [0.1, 0.15) is 12.6 Å². The zero-order chi connectivity index (χ0) is 17.2. The van der Waals surface area contributed by atoms with Crippen LogP contribution < -0.4 is 21.7 Å². The van der Waals surface area contributed by atoms with Crippen molar-refractivity contribution in [2.24, 2.45) is 5.73 Å². The Labute approximate surface area is 131 Å². The van der Waals surface area contributed by atoms with Crippen molar-refractivity contribution in [3.8, 4) is 0 Å². The van der Waals surface area contributed by atoms with Gasteiger partial charge in [0.05, 0.1) is 19.4 Å². The molecule has 126 valence electrons. The van der Waals surface area contributed by atoms with Gasteiger partial charge in [-0.25, -0.2) is 4.98 Å². The van der Waals surface area contributed by atoms with Crippen molar-refractivity contribution >= 4 is 23.7 Å². The molecule has 0 saturated carbocycles. The van der Waals surface area contributed by atoms with Crippen LogP contribution in [0.25, 0.3) is 0 Å². The number of carboxylic acids is 1. The first-order valence-electron chi connectivity index (χ1n) is 6.65. The van der Waals surface area contributed by atoms with Crippen molar-refractivity contribution in [1.29, 1.82) is 0 Å². The summed E-state index contributed by atoms with van der Waals surface area (Å²) >= 11 is 0. The second-order valence-electron chi connectivity index (χ2n) is 4.49. The van der Waals surface area contributed by atoms with Gasteiger partial charge >= 0.3 is 5.97 Å². The quantitative estimate of drug-likeness (QED) is 0.275. The number of aromatic amines is 1. The maximum Gasteiger partial charge on any atom is 0.322 e. The number of carboxylic acid groups (broad SMARTS) is 1. The second-order valence-corrected chi connectivity index (χ2v) is 4.49. The maximum absolute atomic E-state index is 12.0. The first kappa shape index (κ1) is 18.1. The van der Waals surface area contributed by atoms with Gasteiger partial charge < -0.3 is 31.8 Å². The van der Waals surface area contributed by atoms with Crippen LogP contribution in [-0.2, 0) is 25.6 Å². The van der Waals surface area contributed by atoms with Gasteiger partial charge in [-0.3, -0.25) is 19.2 Å². The lowest BCUT2D eigenvalue weighted by Crippen LogP contribution is -2.51. The molecule has 11 nitrogen and oxygen atoms in total. The number of imidazole rings is 1. The number of amides is 3. The lowest BCUT2D eigenvalue weighted by molar-refractivity contribution is -0.138. The smallest absolute Gasteiger partial charge is 0.322 e. The van der Waals surface area contributed by atoms with Crippen LogP contribution in [0.15, 0.2) is 12.5 Å². The van der Waals surface area contributed by atoms with Gasteiger partial charge in [0.15, 0.2) is 0 Å². The highest BCUT2D eigenvalue weighted by Gasteiger charge is 2.22. The summed E-state index contributed by atoms with van der Waals surface area (Å²) in [6.45, 7) is -1.18. The highest BCUT2D eigenvalue weighted by molar-refractivity contribution is 5.91. The number of H-pyrrole nitrogens is 1. The van der Waals surface area contributed by atoms with Crippen LogP contribution in [0.3, 0.4) is 0 Å². The number of nitrogens with one attached hydrogen (secondary N) is 4. The summed E-state index contributed by atoms with van der Waals surface area (Å²) < 4.78 is 0. The van der Waals surface area contributed by atoms with Crippen LogP contribution >= 0.6 is 0 Å². The fourth-order valence-electron chi connectivity index (χ4n) is 1.61. The molecule has 0 aromatic carbocycles. The average Bonchev–Trinajstić information content (AvgIpc) is 3.02. The molecule has 1 aromatic heterocycles. The van der Waals surface area contributed by atoms with Crippen LogP contribution in [0.2, 0.25) is 0 Å². The Hall–Kier alpha value is -2.95. The summed E-state index contributed by atoms with van der Waals surface area (Å²) in [5.41, 5.74) is 5.67. The molecule has 1 aromatic rings. The normalized spacial score (nSPS) is 11.3. The van der Waals surface area contributed by atoms with Crippen LogP contribution in [0, 0.1) is 0 Å². The van der Waals surface area contributed by atoms with E-state index in [2.05, 4.69) is 25.9 Å². The van der Waals surface area contributed by atoms with E-state index in [-0.39, 0.29) is 19.5 Å². The minimum absolute atomic E-state index is 0.0853. The van der Waals surface area contributed by atoms with Gasteiger partial charge in [-0.1, -0.05) is 0 Å². The van der Waals surface area contributed by atoms with Gasteiger partial charge in [-0.2, -0.15) is 0 Å². The van der Waals surface area contributed by atoms with Gasteiger partial charge in [0.2, 0.25) is 17.7 Å². The Morgan fingerprint density at radius 2 is 1.96 bits per heavy atom. The number of aliphatic carboxylic acids is 1. The largest absolute Gasteiger partial charge is 0.480 e. The highest BCUT2D eigenvalue weighted by atomic mass is 16.4. The number of nitrogens with zero attached hydrogens (tertiary/aromatic N) is 1. The zero-order valence-corrected chi connectivity index (χ0v) is 12.2. The molecule has 1 atom stereocenters. The Bertz CT molecular complexity index is 558. The monoisotopic (exact) mass is 326 g/mol. The Morgan fingerprint density at radius 3 is 2.52 bits per heavy atom. The van der Waals surface area contributed by atoms with Crippen molar-refractivity contribution in [2.45, 2.75) is 12.5 Å². The van der Waals surface area contributed by atoms with E-state index in [1.165, 1.54) is 12.5 Å². The van der Waals surface area contributed by atoms with Gasteiger partial charge in [-0.15, -0.1) is 0 Å². The molecule has 0 radical (unpaired) electrons. The number of aromatic nitrogens is 2. The van der Waals surface area contributed by atoms with Crippen molar-refractivity contribution in [3.05, 3.63) is 18.2 Å². The van der Waals surface area contributed by atoms with Gasteiger partial charge in [0, 0.05) is 18.3 Å². The van der Waals surface area contributed by atoms with E-state index in [0.29, 0.717) is 5.69 Å². The Kier molecular flexibility index (Phi) is 7.20.